The highest BCUT2D eigenvalue weighted by molar-refractivity contribution is 8.26. The molecule has 1 aromatic carbocycles. The molecule has 0 amide bonds. The van der Waals surface area contributed by atoms with E-state index in [2.05, 4.69) is 38.6 Å². The molecule has 0 saturated carbocycles. The molecule has 2 aliphatic heterocycles. The summed E-state index contributed by atoms with van der Waals surface area (Å²) in [7, 11) is 0. The number of carbonyl (C=O) groups is 2. The first-order chi connectivity index (χ1) is 24.0. The highest BCUT2D eigenvalue weighted by atomic mass is 32.2. The van der Waals surface area contributed by atoms with Crippen molar-refractivity contribution >= 4 is 59.0 Å². The summed E-state index contributed by atoms with van der Waals surface area (Å²) >= 11 is 5.31. The van der Waals surface area contributed by atoms with Gasteiger partial charge in [-0.3, -0.25) is 4.79 Å². The van der Waals surface area contributed by atoms with Crippen LogP contribution in [0.5, 0.6) is 11.5 Å². The number of hydrogen-bond donors (Lipinski definition) is 0. The van der Waals surface area contributed by atoms with Gasteiger partial charge >= 0.3 is 11.9 Å². The molecule has 0 aliphatic carbocycles. The van der Waals surface area contributed by atoms with Crippen LogP contribution < -0.4 is 9.47 Å². The molecule has 0 saturated heterocycles. The largest absolute Gasteiger partial charge is 0.491 e. The van der Waals surface area contributed by atoms with Gasteiger partial charge in [0.15, 0.2) is 5.57 Å². The molecule has 8 nitrogen and oxygen atoms in total. The van der Waals surface area contributed by atoms with E-state index in [4.69, 9.17) is 25.5 Å². The highest BCUT2D eigenvalue weighted by Crippen LogP contribution is 2.68. The SMILES string of the molecule is [C-]#[N+]C(C(=O)OCC(C)C)=C1Sc2c(OCC(CC)CCCC)c3c(c(OCC(CC)CCCC)c2S1)SC(=C(C#N)C(=O)OCC(C)C)S3. The monoisotopic (exact) mass is 760 g/mol. The zero-order valence-corrected chi connectivity index (χ0v) is 34.0. The van der Waals surface area contributed by atoms with E-state index in [0.717, 1.165) is 70.9 Å². The first-order valence-electron chi connectivity index (χ1n) is 17.8. The first kappa shape index (κ1) is 42.0. The number of ether oxygens (including phenoxy) is 4. The van der Waals surface area contributed by atoms with Crippen LogP contribution in [0.3, 0.4) is 0 Å². The lowest BCUT2D eigenvalue weighted by atomic mass is 10.0. The van der Waals surface area contributed by atoms with Crippen LogP contribution in [0.1, 0.15) is 107 Å². The maximum Gasteiger partial charge on any atom is 0.350 e. The van der Waals surface area contributed by atoms with E-state index in [0.29, 0.717) is 45.0 Å². The summed E-state index contributed by atoms with van der Waals surface area (Å²) in [6.45, 7) is 25.9. The number of fused-ring (bicyclic) bond motifs is 2. The fourth-order valence-corrected chi connectivity index (χ4v) is 10.4. The Kier molecular flexibility index (Phi) is 17.8. The van der Waals surface area contributed by atoms with Crippen molar-refractivity contribution in [1.82, 2.24) is 0 Å². The van der Waals surface area contributed by atoms with Gasteiger partial charge in [0, 0.05) is 0 Å². The molecule has 274 valence electrons. The van der Waals surface area contributed by atoms with Gasteiger partial charge in [0.25, 0.3) is 5.70 Å². The van der Waals surface area contributed by atoms with Gasteiger partial charge in [-0.1, -0.05) is 141 Å². The molecule has 0 radical (unpaired) electrons. The van der Waals surface area contributed by atoms with E-state index in [-0.39, 0.29) is 36.3 Å². The number of esters is 2. The molecule has 50 heavy (non-hydrogen) atoms. The Bertz CT molecular complexity index is 1360. The summed E-state index contributed by atoms with van der Waals surface area (Å²) in [4.78, 5) is 33.0. The second-order valence-electron chi connectivity index (χ2n) is 13.3. The normalized spacial score (nSPS) is 14.5. The van der Waals surface area contributed by atoms with Crippen LogP contribution in [-0.4, -0.2) is 38.4 Å². The third-order valence-corrected chi connectivity index (χ3v) is 13.3. The molecule has 0 fully saturated rings. The van der Waals surface area contributed by atoms with Gasteiger partial charge in [-0.15, -0.1) is 0 Å². The second kappa shape index (κ2) is 21.2. The highest BCUT2D eigenvalue weighted by Gasteiger charge is 2.40. The van der Waals surface area contributed by atoms with Gasteiger partial charge in [-0.2, -0.15) is 5.26 Å². The number of carbonyl (C=O) groups excluding carboxylic acids is 2. The van der Waals surface area contributed by atoms with Crippen molar-refractivity contribution in [3.8, 4) is 17.6 Å². The van der Waals surface area contributed by atoms with E-state index in [1.807, 2.05) is 27.7 Å². The summed E-state index contributed by atoms with van der Waals surface area (Å²) in [6, 6.07) is 2.10. The molecule has 2 aliphatic rings. The number of unbranched alkanes of at least 4 members (excludes halogenated alkanes) is 2. The van der Waals surface area contributed by atoms with Crippen molar-refractivity contribution < 1.29 is 28.5 Å². The Morgan fingerprint density at radius 2 is 1.12 bits per heavy atom. The van der Waals surface area contributed by atoms with Crippen molar-refractivity contribution in [2.75, 3.05) is 26.4 Å². The number of rotatable bonds is 20. The predicted molar refractivity (Wildman–Crippen MR) is 205 cm³/mol. The molecular formula is C38H52N2O6S4. The van der Waals surface area contributed by atoms with Crippen LogP contribution in [0, 0.1) is 41.6 Å². The number of thioether (sulfide) groups is 4. The number of nitriles is 1. The Labute approximate surface area is 316 Å². The Hall–Kier alpha value is -2.38. The minimum atomic E-state index is -0.645. The zero-order chi connectivity index (χ0) is 36.8. The van der Waals surface area contributed by atoms with Crippen molar-refractivity contribution in [3.05, 3.63) is 31.2 Å². The van der Waals surface area contributed by atoms with Crippen molar-refractivity contribution in [2.24, 2.45) is 23.7 Å². The van der Waals surface area contributed by atoms with Crippen LogP contribution in [-0.2, 0) is 19.1 Å². The van der Waals surface area contributed by atoms with Gasteiger partial charge in [-0.25, -0.2) is 9.64 Å². The fraction of sp³-hybridized carbons (Fsp3) is 0.632. The molecule has 3 rings (SSSR count). The smallest absolute Gasteiger partial charge is 0.350 e. The van der Waals surface area contributed by atoms with Gasteiger partial charge < -0.3 is 18.9 Å². The average Bonchev–Trinajstić information content (AvgIpc) is 3.73. The van der Waals surface area contributed by atoms with Crippen molar-refractivity contribution in [3.63, 3.8) is 0 Å². The van der Waals surface area contributed by atoms with E-state index < -0.39 is 11.9 Å². The quantitative estimate of drug-likeness (QED) is 0.0549. The van der Waals surface area contributed by atoms with E-state index in [9.17, 15) is 14.9 Å². The lowest BCUT2D eigenvalue weighted by Crippen LogP contribution is -2.14. The molecule has 2 heterocycles. The van der Waals surface area contributed by atoms with Crippen molar-refractivity contribution in [1.29, 1.82) is 5.26 Å². The van der Waals surface area contributed by atoms with Crippen molar-refractivity contribution in [2.45, 2.75) is 126 Å². The van der Waals surface area contributed by atoms with Gasteiger partial charge in [0.2, 0.25) is 0 Å². The third-order valence-electron chi connectivity index (χ3n) is 8.14. The van der Waals surface area contributed by atoms with Crippen LogP contribution >= 0.6 is 47.0 Å². The topological polar surface area (TPSA) is 99.2 Å². The fourth-order valence-electron chi connectivity index (χ4n) is 5.04. The van der Waals surface area contributed by atoms with Gasteiger partial charge in [-0.05, 0) is 36.5 Å². The number of nitrogens with zero attached hydrogens (tertiary/aromatic N) is 2. The summed E-state index contributed by atoms with van der Waals surface area (Å²) in [5.41, 5.74) is -0.0972. The predicted octanol–water partition coefficient (Wildman–Crippen LogP) is 11.5. The number of benzene rings is 1. The molecular weight excluding hydrogens is 709 g/mol. The molecule has 12 heteroatoms. The third kappa shape index (κ3) is 11.3. The summed E-state index contributed by atoms with van der Waals surface area (Å²) in [5, 5.41) is 10.2. The zero-order valence-electron chi connectivity index (χ0n) is 30.8. The van der Waals surface area contributed by atoms with Crippen LogP contribution in [0.2, 0.25) is 0 Å². The lowest BCUT2D eigenvalue weighted by molar-refractivity contribution is -0.140. The van der Waals surface area contributed by atoms with E-state index in [1.165, 1.54) is 47.0 Å². The van der Waals surface area contributed by atoms with Crippen LogP contribution in [0.15, 0.2) is 39.3 Å². The summed E-state index contributed by atoms with van der Waals surface area (Å²) in [5.74, 6) is 0.919. The second-order valence-corrected chi connectivity index (χ2v) is 17.9. The lowest BCUT2D eigenvalue weighted by Gasteiger charge is -2.22. The van der Waals surface area contributed by atoms with Gasteiger partial charge in [0.05, 0.1) is 61.1 Å². The number of hydrogen-bond acceptors (Lipinski definition) is 11. The summed E-state index contributed by atoms with van der Waals surface area (Å²) in [6.07, 6.45) is 8.42. The van der Waals surface area contributed by atoms with Gasteiger partial charge in [0.1, 0.15) is 17.6 Å². The molecule has 2 unspecified atom stereocenters. The Morgan fingerprint density at radius 1 is 0.700 bits per heavy atom. The average molecular weight is 761 g/mol. The van der Waals surface area contributed by atoms with E-state index >= 15 is 0 Å². The minimum absolute atomic E-state index is 0.0400. The Morgan fingerprint density at radius 3 is 1.48 bits per heavy atom. The molecule has 0 spiro atoms. The molecule has 0 bridgehead atoms. The maximum absolute atomic E-state index is 13.1. The molecule has 0 aromatic heterocycles. The maximum atomic E-state index is 13.1. The Balaban J connectivity index is 2.21. The van der Waals surface area contributed by atoms with E-state index in [1.54, 1.807) is 0 Å². The van der Waals surface area contributed by atoms with Crippen LogP contribution in [0.25, 0.3) is 4.85 Å². The molecule has 1 aromatic rings. The van der Waals surface area contributed by atoms with Crippen LogP contribution in [0.4, 0.5) is 0 Å². The standard InChI is InChI=1S/C38H52N2O6S4/c1-10-14-16-25(12-3)21-43-29-31-32(48-37(47-31)27(18-39)35(41)45-19-23(5)6)30(44-22-26(13-4)17-15-11-2)34-33(29)49-38(50-34)28(40-9)36(42)46-20-24(7)8/h23-26H,10-17,19-22H2,1-8H3. The summed E-state index contributed by atoms with van der Waals surface area (Å²) < 4.78 is 25.5. The first-order valence-corrected chi connectivity index (χ1v) is 21.1. The molecule has 0 N–H and O–H groups in total. The molecule has 2 atom stereocenters. The minimum Gasteiger partial charge on any atom is -0.491 e.